The maximum atomic E-state index is 12.9. The van der Waals surface area contributed by atoms with Gasteiger partial charge < -0.3 is 10.6 Å². The molecule has 0 saturated heterocycles. The number of aromatic nitrogens is 2. The summed E-state index contributed by atoms with van der Waals surface area (Å²) in [7, 11) is 1.62. The fourth-order valence-corrected chi connectivity index (χ4v) is 0.870. The third-order valence-electron chi connectivity index (χ3n) is 1.40. The van der Waals surface area contributed by atoms with Gasteiger partial charge in [-0.2, -0.15) is 4.98 Å². The van der Waals surface area contributed by atoms with Crippen LogP contribution in [0.15, 0.2) is 6.20 Å². The molecular formula is C8H13FN4. The second kappa shape index (κ2) is 4.02. The lowest BCUT2D eigenvalue weighted by atomic mass is 10.4. The molecule has 0 radical (unpaired) electrons. The summed E-state index contributed by atoms with van der Waals surface area (Å²) < 4.78 is 12.9. The molecule has 0 aliphatic carbocycles. The van der Waals surface area contributed by atoms with E-state index in [4.69, 9.17) is 0 Å². The third-order valence-corrected chi connectivity index (χ3v) is 1.40. The van der Waals surface area contributed by atoms with E-state index in [0.717, 1.165) is 6.20 Å². The molecular weight excluding hydrogens is 171 g/mol. The van der Waals surface area contributed by atoms with Crippen molar-refractivity contribution in [2.45, 2.75) is 19.9 Å². The zero-order valence-electron chi connectivity index (χ0n) is 7.93. The summed E-state index contributed by atoms with van der Waals surface area (Å²) in [6.07, 6.45) is 1.14. The molecule has 0 aromatic carbocycles. The molecule has 0 unspecified atom stereocenters. The molecule has 0 spiro atoms. The number of rotatable bonds is 3. The predicted molar refractivity (Wildman–Crippen MR) is 50.3 cm³/mol. The monoisotopic (exact) mass is 184 g/mol. The molecule has 2 N–H and O–H groups in total. The van der Waals surface area contributed by atoms with Crippen LogP contribution in [0, 0.1) is 5.82 Å². The van der Waals surface area contributed by atoms with E-state index < -0.39 is 5.82 Å². The van der Waals surface area contributed by atoms with Gasteiger partial charge in [0.1, 0.15) is 0 Å². The Balaban J connectivity index is 2.86. The molecule has 0 amide bonds. The van der Waals surface area contributed by atoms with Crippen LogP contribution < -0.4 is 10.6 Å². The fraction of sp³-hybridized carbons (Fsp3) is 0.500. The zero-order valence-corrected chi connectivity index (χ0v) is 7.93. The highest BCUT2D eigenvalue weighted by Gasteiger charge is 2.04. The van der Waals surface area contributed by atoms with E-state index in [1.54, 1.807) is 7.05 Å². The Morgan fingerprint density at radius 3 is 2.69 bits per heavy atom. The van der Waals surface area contributed by atoms with Crippen LogP contribution in [0.2, 0.25) is 0 Å². The first-order chi connectivity index (χ1) is 6.13. The Kier molecular flexibility index (Phi) is 3.00. The van der Waals surface area contributed by atoms with Crippen molar-refractivity contribution in [3.8, 4) is 0 Å². The second-order valence-electron chi connectivity index (χ2n) is 2.94. The highest BCUT2D eigenvalue weighted by atomic mass is 19.1. The van der Waals surface area contributed by atoms with Gasteiger partial charge in [0.05, 0.1) is 6.20 Å². The van der Waals surface area contributed by atoms with Gasteiger partial charge in [-0.15, -0.1) is 0 Å². The SMILES string of the molecule is CNc1nc(NC(C)C)ncc1F. The summed E-state index contributed by atoms with van der Waals surface area (Å²) in [6, 6.07) is 0.232. The van der Waals surface area contributed by atoms with Crippen LogP contribution in [-0.2, 0) is 0 Å². The van der Waals surface area contributed by atoms with Crippen LogP contribution in [0.1, 0.15) is 13.8 Å². The smallest absolute Gasteiger partial charge is 0.224 e. The van der Waals surface area contributed by atoms with E-state index in [1.807, 2.05) is 13.8 Å². The minimum absolute atomic E-state index is 0.207. The molecule has 4 nitrogen and oxygen atoms in total. The summed E-state index contributed by atoms with van der Waals surface area (Å²) in [4.78, 5) is 7.71. The van der Waals surface area contributed by atoms with Crippen molar-refractivity contribution in [3.05, 3.63) is 12.0 Å². The van der Waals surface area contributed by atoms with Crippen LogP contribution in [0.5, 0.6) is 0 Å². The number of anilines is 2. The van der Waals surface area contributed by atoms with E-state index in [-0.39, 0.29) is 11.9 Å². The average molecular weight is 184 g/mol. The molecule has 1 heterocycles. The quantitative estimate of drug-likeness (QED) is 0.747. The van der Waals surface area contributed by atoms with Gasteiger partial charge in [-0.25, -0.2) is 9.37 Å². The van der Waals surface area contributed by atoms with Crippen molar-refractivity contribution < 1.29 is 4.39 Å². The Hall–Kier alpha value is -1.39. The van der Waals surface area contributed by atoms with Gasteiger partial charge in [0, 0.05) is 13.1 Å². The Morgan fingerprint density at radius 2 is 2.15 bits per heavy atom. The van der Waals surface area contributed by atoms with Gasteiger partial charge >= 0.3 is 0 Å². The topological polar surface area (TPSA) is 49.8 Å². The molecule has 1 aromatic heterocycles. The van der Waals surface area contributed by atoms with Crippen LogP contribution in [0.25, 0.3) is 0 Å². The standard InChI is InChI=1S/C8H13FN4/c1-5(2)12-8-11-4-6(9)7(10-3)13-8/h4-5H,1-3H3,(H2,10,11,12,13). The Labute approximate surface area is 76.6 Å². The van der Waals surface area contributed by atoms with Crippen molar-refractivity contribution in [2.24, 2.45) is 0 Å². The molecule has 5 heteroatoms. The Bertz CT molecular complexity index is 287. The first-order valence-corrected chi connectivity index (χ1v) is 4.10. The number of nitrogens with one attached hydrogen (secondary N) is 2. The van der Waals surface area contributed by atoms with Gasteiger partial charge in [-0.05, 0) is 13.8 Å². The molecule has 13 heavy (non-hydrogen) atoms. The Morgan fingerprint density at radius 1 is 1.46 bits per heavy atom. The summed E-state index contributed by atoms with van der Waals surface area (Å²) in [5.41, 5.74) is 0. The molecule has 72 valence electrons. The van der Waals surface area contributed by atoms with Crippen molar-refractivity contribution in [1.29, 1.82) is 0 Å². The maximum Gasteiger partial charge on any atom is 0.224 e. The van der Waals surface area contributed by atoms with E-state index in [2.05, 4.69) is 20.6 Å². The summed E-state index contributed by atoms with van der Waals surface area (Å²) >= 11 is 0. The molecule has 0 atom stereocenters. The number of halogens is 1. The lowest BCUT2D eigenvalue weighted by molar-refractivity contribution is 0.618. The molecule has 0 saturated carbocycles. The molecule has 0 aliphatic heterocycles. The minimum Gasteiger partial charge on any atom is -0.371 e. The van der Waals surface area contributed by atoms with Crippen LogP contribution >= 0.6 is 0 Å². The van der Waals surface area contributed by atoms with Crippen molar-refractivity contribution in [1.82, 2.24) is 9.97 Å². The van der Waals surface area contributed by atoms with Crippen LogP contribution in [-0.4, -0.2) is 23.1 Å². The molecule has 1 aromatic rings. The van der Waals surface area contributed by atoms with E-state index in [9.17, 15) is 4.39 Å². The lowest BCUT2D eigenvalue weighted by Gasteiger charge is -2.08. The van der Waals surface area contributed by atoms with Crippen LogP contribution in [0.3, 0.4) is 0 Å². The fourth-order valence-electron chi connectivity index (χ4n) is 0.870. The normalized spacial score (nSPS) is 10.2. The highest BCUT2D eigenvalue weighted by Crippen LogP contribution is 2.10. The van der Waals surface area contributed by atoms with Gasteiger partial charge in [0.15, 0.2) is 11.6 Å². The van der Waals surface area contributed by atoms with Crippen LogP contribution in [0.4, 0.5) is 16.2 Å². The summed E-state index contributed by atoms with van der Waals surface area (Å²) in [5.74, 6) is 0.190. The third kappa shape index (κ3) is 2.54. The average Bonchev–Trinajstić information content (AvgIpc) is 2.07. The first-order valence-electron chi connectivity index (χ1n) is 4.10. The highest BCUT2D eigenvalue weighted by molar-refractivity contribution is 5.40. The summed E-state index contributed by atoms with van der Waals surface area (Å²) in [6.45, 7) is 3.93. The second-order valence-corrected chi connectivity index (χ2v) is 2.94. The molecule has 0 aliphatic rings. The molecule has 1 rings (SSSR count). The van der Waals surface area contributed by atoms with Gasteiger partial charge in [0.25, 0.3) is 0 Å². The van der Waals surface area contributed by atoms with E-state index in [1.165, 1.54) is 0 Å². The van der Waals surface area contributed by atoms with Crippen molar-refractivity contribution in [2.75, 3.05) is 17.7 Å². The number of hydrogen-bond acceptors (Lipinski definition) is 4. The van der Waals surface area contributed by atoms with Crippen molar-refractivity contribution in [3.63, 3.8) is 0 Å². The van der Waals surface area contributed by atoms with E-state index >= 15 is 0 Å². The lowest BCUT2D eigenvalue weighted by Crippen LogP contribution is -2.13. The summed E-state index contributed by atoms with van der Waals surface area (Å²) in [5, 5.41) is 5.62. The number of nitrogens with zero attached hydrogens (tertiary/aromatic N) is 2. The largest absolute Gasteiger partial charge is 0.371 e. The first kappa shape index (κ1) is 9.70. The van der Waals surface area contributed by atoms with Gasteiger partial charge in [0.2, 0.25) is 5.95 Å². The molecule has 0 bridgehead atoms. The maximum absolute atomic E-state index is 12.9. The zero-order chi connectivity index (χ0) is 9.84. The van der Waals surface area contributed by atoms with Gasteiger partial charge in [-0.3, -0.25) is 0 Å². The van der Waals surface area contributed by atoms with Gasteiger partial charge in [-0.1, -0.05) is 0 Å². The van der Waals surface area contributed by atoms with Crippen molar-refractivity contribution >= 4 is 11.8 Å². The minimum atomic E-state index is -0.447. The molecule has 0 fully saturated rings. The predicted octanol–water partition coefficient (Wildman–Crippen LogP) is 1.48. The number of hydrogen-bond donors (Lipinski definition) is 2. The van der Waals surface area contributed by atoms with E-state index in [0.29, 0.717) is 5.95 Å².